The largest absolute Gasteiger partial charge is 0.481 e. The van der Waals surface area contributed by atoms with Crippen molar-refractivity contribution in [3.05, 3.63) is 28.2 Å². The molecule has 1 aromatic carbocycles. The summed E-state index contributed by atoms with van der Waals surface area (Å²) in [5.41, 5.74) is 0. The fraction of sp³-hybridized carbons (Fsp3) is 0.562. The lowest BCUT2D eigenvalue weighted by Crippen LogP contribution is -2.44. The van der Waals surface area contributed by atoms with E-state index in [1.807, 2.05) is 4.90 Å². The molecule has 1 amide bonds. The van der Waals surface area contributed by atoms with Gasteiger partial charge in [0.15, 0.2) is 6.10 Å². The van der Waals surface area contributed by atoms with Gasteiger partial charge in [0.1, 0.15) is 5.75 Å². The maximum Gasteiger partial charge on any atom is 0.263 e. The minimum absolute atomic E-state index is 0. The summed E-state index contributed by atoms with van der Waals surface area (Å²) in [6.45, 7) is 3.32. The van der Waals surface area contributed by atoms with Crippen molar-refractivity contribution in [2.75, 3.05) is 13.1 Å². The number of likely N-dealkylation sites (tertiary alicyclic amines) is 1. The third-order valence-electron chi connectivity index (χ3n) is 4.33. The molecule has 1 N–H and O–H groups in total. The van der Waals surface area contributed by atoms with Gasteiger partial charge in [0.05, 0.1) is 0 Å². The molecule has 2 fully saturated rings. The van der Waals surface area contributed by atoms with Crippen LogP contribution in [-0.2, 0) is 4.79 Å². The summed E-state index contributed by atoms with van der Waals surface area (Å²) >= 11 is 11.9. The lowest BCUT2D eigenvalue weighted by molar-refractivity contribution is -0.138. The molecule has 2 aliphatic heterocycles. The van der Waals surface area contributed by atoms with Gasteiger partial charge < -0.3 is 15.0 Å². The van der Waals surface area contributed by atoms with E-state index in [2.05, 4.69) is 5.32 Å². The number of amides is 1. The molecule has 0 radical (unpaired) electrons. The highest BCUT2D eigenvalue weighted by molar-refractivity contribution is 6.34. The molecule has 7 heteroatoms. The molecule has 2 heterocycles. The number of halogens is 3. The monoisotopic (exact) mass is 378 g/mol. The Balaban J connectivity index is 0.00000192. The number of hydrogen-bond acceptors (Lipinski definition) is 3. The highest BCUT2D eigenvalue weighted by Crippen LogP contribution is 2.26. The van der Waals surface area contributed by atoms with Crippen LogP contribution in [-0.4, -0.2) is 42.1 Å². The minimum atomic E-state index is -0.550. The van der Waals surface area contributed by atoms with Crippen molar-refractivity contribution in [3.63, 3.8) is 0 Å². The number of fused-ring (bicyclic) bond motifs is 2. The van der Waals surface area contributed by atoms with Gasteiger partial charge in [-0.3, -0.25) is 4.79 Å². The highest BCUT2D eigenvalue weighted by atomic mass is 35.5. The molecule has 2 aliphatic rings. The second-order valence-corrected chi connectivity index (χ2v) is 6.95. The van der Waals surface area contributed by atoms with Crippen LogP contribution in [0, 0.1) is 0 Å². The number of rotatable bonds is 3. The Morgan fingerprint density at radius 2 is 1.87 bits per heavy atom. The number of nitrogens with zero attached hydrogens (tertiary/aromatic N) is 1. The predicted molar refractivity (Wildman–Crippen MR) is 94.9 cm³/mol. The molecule has 0 aromatic heterocycles. The average Bonchev–Trinajstić information content (AvgIpc) is 2.76. The fourth-order valence-corrected chi connectivity index (χ4v) is 3.76. The lowest BCUT2D eigenvalue weighted by atomic mass is 10.1. The number of carbonyl (C=O) groups is 1. The van der Waals surface area contributed by atoms with E-state index in [4.69, 9.17) is 27.9 Å². The van der Waals surface area contributed by atoms with Gasteiger partial charge in [0, 0.05) is 35.2 Å². The van der Waals surface area contributed by atoms with E-state index in [-0.39, 0.29) is 18.3 Å². The van der Waals surface area contributed by atoms with Gasteiger partial charge in [0.2, 0.25) is 0 Å². The summed E-state index contributed by atoms with van der Waals surface area (Å²) < 4.78 is 5.73. The Morgan fingerprint density at radius 1 is 1.22 bits per heavy atom. The number of hydrogen-bond donors (Lipinski definition) is 1. The van der Waals surface area contributed by atoms with Crippen molar-refractivity contribution < 1.29 is 9.53 Å². The van der Waals surface area contributed by atoms with E-state index in [9.17, 15) is 4.79 Å². The molecule has 3 rings (SSSR count). The molecule has 23 heavy (non-hydrogen) atoms. The molecule has 2 bridgehead atoms. The Kier molecular flexibility index (Phi) is 6.43. The number of benzene rings is 1. The molecule has 4 nitrogen and oxygen atoms in total. The standard InChI is InChI=1S/C16H20Cl2N2O2.ClH/c1-10(22-15-7-11(17)6-12(18)8-15)16(21)20-5-4-13-2-3-14(9-20)19-13;/h6-8,10,13-14,19H,2-5,9H2,1H3;1H. The summed E-state index contributed by atoms with van der Waals surface area (Å²) in [5, 5.41) is 4.57. The van der Waals surface area contributed by atoms with E-state index in [0.29, 0.717) is 27.9 Å². The summed E-state index contributed by atoms with van der Waals surface area (Å²) in [6.07, 6.45) is 2.83. The number of ether oxygens (including phenoxy) is 1. The summed E-state index contributed by atoms with van der Waals surface area (Å²) in [7, 11) is 0. The molecular weight excluding hydrogens is 359 g/mol. The Hall–Kier alpha value is -0.680. The molecule has 3 atom stereocenters. The molecule has 0 saturated carbocycles. The van der Waals surface area contributed by atoms with Gasteiger partial charge in [-0.1, -0.05) is 23.2 Å². The molecule has 1 aromatic rings. The molecule has 0 spiro atoms. The Morgan fingerprint density at radius 3 is 2.57 bits per heavy atom. The zero-order chi connectivity index (χ0) is 15.7. The van der Waals surface area contributed by atoms with E-state index in [1.165, 1.54) is 6.42 Å². The van der Waals surface area contributed by atoms with E-state index < -0.39 is 6.10 Å². The van der Waals surface area contributed by atoms with Crippen LogP contribution >= 0.6 is 35.6 Å². The van der Waals surface area contributed by atoms with Gasteiger partial charge in [-0.2, -0.15) is 0 Å². The first-order chi connectivity index (χ1) is 10.5. The Labute approximate surface area is 152 Å². The van der Waals surface area contributed by atoms with E-state index in [1.54, 1.807) is 25.1 Å². The lowest BCUT2D eigenvalue weighted by Gasteiger charge is -2.27. The van der Waals surface area contributed by atoms with Crippen molar-refractivity contribution >= 4 is 41.5 Å². The summed E-state index contributed by atoms with van der Waals surface area (Å²) in [6, 6.07) is 5.96. The smallest absolute Gasteiger partial charge is 0.263 e. The first-order valence-corrected chi connectivity index (χ1v) is 8.44. The number of nitrogens with one attached hydrogen (secondary N) is 1. The zero-order valence-corrected chi connectivity index (χ0v) is 15.3. The first kappa shape index (κ1) is 18.7. The second-order valence-electron chi connectivity index (χ2n) is 6.08. The van der Waals surface area contributed by atoms with Gasteiger partial charge in [-0.05, 0) is 44.4 Å². The van der Waals surface area contributed by atoms with Gasteiger partial charge >= 0.3 is 0 Å². The molecule has 2 saturated heterocycles. The van der Waals surface area contributed by atoms with Gasteiger partial charge in [-0.15, -0.1) is 12.4 Å². The fourth-order valence-electron chi connectivity index (χ4n) is 3.25. The molecule has 128 valence electrons. The van der Waals surface area contributed by atoms with Crippen molar-refractivity contribution in [2.24, 2.45) is 0 Å². The van der Waals surface area contributed by atoms with E-state index in [0.717, 1.165) is 25.9 Å². The van der Waals surface area contributed by atoms with Crippen molar-refractivity contribution in [1.82, 2.24) is 10.2 Å². The summed E-state index contributed by atoms with van der Waals surface area (Å²) in [4.78, 5) is 14.5. The normalized spacial score (nSPS) is 24.6. The third kappa shape index (κ3) is 4.66. The van der Waals surface area contributed by atoms with Crippen molar-refractivity contribution in [3.8, 4) is 5.75 Å². The maximum atomic E-state index is 12.6. The predicted octanol–water partition coefficient (Wildman–Crippen LogP) is 3.54. The topological polar surface area (TPSA) is 41.6 Å². The van der Waals surface area contributed by atoms with Gasteiger partial charge in [-0.25, -0.2) is 0 Å². The van der Waals surface area contributed by atoms with Crippen LogP contribution in [0.4, 0.5) is 0 Å². The third-order valence-corrected chi connectivity index (χ3v) is 4.77. The van der Waals surface area contributed by atoms with Crippen LogP contribution in [0.2, 0.25) is 10.0 Å². The highest BCUT2D eigenvalue weighted by Gasteiger charge is 2.33. The SMILES string of the molecule is CC(Oc1cc(Cl)cc(Cl)c1)C(=O)N1CCC2CCC(C1)N2.Cl. The average molecular weight is 380 g/mol. The zero-order valence-electron chi connectivity index (χ0n) is 12.9. The minimum Gasteiger partial charge on any atom is -0.481 e. The second kappa shape index (κ2) is 7.93. The van der Waals surface area contributed by atoms with Crippen LogP contribution < -0.4 is 10.1 Å². The Bertz CT molecular complexity index is 550. The number of carbonyl (C=O) groups excluding carboxylic acids is 1. The van der Waals surface area contributed by atoms with Crippen LogP contribution in [0.5, 0.6) is 5.75 Å². The molecular formula is C16H21Cl3N2O2. The van der Waals surface area contributed by atoms with Crippen molar-refractivity contribution in [1.29, 1.82) is 0 Å². The van der Waals surface area contributed by atoms with Crippen LogP contribution in [0.3, 0.4) is 0 Å². The first-order valence-electron chi connectivity index (χ1n) is 7.69. The quantitative estimate of drug-likeness (QED) is 0.873. The van der Waals surface area contributed by atoms with Crippen LogP contribution in [0.25, 0.3) is 0 Å². The molecule has 0 aliphatic carbocycles. The summed E-state index contributed by atoms with van der Waals surface area (Å²) in [5.74, 6) is 0.540. The van der Waals surface area contributed by atoms with Gasteiger partial charge in [0.25, 0.3) is 5.91 Å². The van der Waals surface area contributed by atoms with Crippen LogP contribution in [0.15, 0.2) is 18.2 Å². The van der Waals surface area contributed by atoms with Crippen molar-refractivity contribution in [2.45, 2.75) is 44.4 Å². The molecule has 3 unspecified atom stereocenters. The maximum absolute atomic E-state index is 12.6. The van der Waals surface area contributed by atoms with E-state index >= 15 is 0 Å². The van der Waals surface area contributed by atoms with Crippen LogP contribution in [0.1, 0.15) is 26.2 Å².